The maximum atomic E-state index is 2.29. The number of hydrogen-bond donors (Lipinski definition) is 0. The molecular formula is C12H20S. The first-order valence-corrected chi connectivity index (χ1v) is 4.80. The Morgan fingerprint density at radius 2 is 1.62 bits per heavy atom. The molecule has 0 heterocycles. The van der Waals surface area contributed by atoms with E-state index in [9.17, 15) is 0 Å². The fraction of sp³-hybridized carbons (Fsp3) is 0.500. The van der Waals surface area contributed by atoms with Crippen molar-refractivity contribution >= 4 is 13.5 Å². The second-order valence-electron chi connectivity index (χ2n) is 3.67. The lowest BCUT2D eigenvalue weighted by Gasteiger charge is -2.18. The molecule has 0 nitrogen and oxygen atoms in total. The molecule has 1 aromatic carbocycles. The SMILES string of the molecule is CC[C@@H](c1ccccc1)C(C)C.S. The van der Waals surface area contributed by atoms with Crippen LogP contribution in [-0.2, 0) is 0 Å². The molecule has 0 saturated carbocycles. The molecule has 1 rings (SSSR count). The van der Waals surface area contributed by atoms with Gasteiger partial charge in [0.1, 0.15) is 0 Å². The Hall–Kier alpha value is -0.430. The van der Waals surface area contributed by atoms with E-state index in [1.165, 1.54) is 12.0 Å². The molecule has 74 valence electrons. The van der Waals surface area contributed by atoms with Gasteiger partial charge in [-0.25, -0.2) is 0 Å². The molecular weight excluding hydrogens is 176 g/mol. The summed E-state index contributed by atoms with van der Waals surface area (Å²) in [5, 5.41) is 0. The van der Waals surface area contributed by atoms with Crippen LogP contribution in [0.3, 0.4) is 0 Å². The summed E-state index contributed by atoms with van der Waals surface area (Å²) < 4.78 is 0. The van der Waals surface area contributed by atoms with Crippen LogP contribution in [0.1, 0.15) is 38.7 Å². The Labute approximate surface area is 88.8 Å². The Bertz CT molecular complexity index is 216. The smallest absolute Gasteiger partial charge is 0.0141 e. The van der Waals surface area contributed by atoms with Gasteiger partial charge < -0.3 is 0 Å². The molecule has 1 heteroatoms. The summed E-state index contributed by atoms with van der Waals surface area (Å²) in [6, 6.07) is 10.8. The van der Waals surface area contributed by atoms with Crippen molar-refractivity contribution in [3.8, 4) is 0 Å². The van der Waals surface area contributed by atoms with Crippen molar-refractivity contribution in [2.45, 2.75) is 33.1 Å². The zero-order valence-electron chi connectivity index (χ0n) is 8.75. The maximum absolute atomic E-state index is 2.29. The Balaban J connectivity index is 0.00000144. The Morgan fingerprint density at radius 1 is 1.08 bits per heavy atom. The van der Waals surface area contributed by atoms with Gasteiger partial charge >= 0.3 is 0 Å². The maximum Gasteiger partial charge on any atom is -0.0141 e. The topological polar surface area (TPSA) is 0 Å². The van der Waals surface area contributed by atoms with Crippen LogP contribution < -0.4 is 0 Å². The van der Waals surface area contributed by atoms with Crippen molar-refractivity contribution < 1.29 is 0 Å². The molecule has 13 heavy (non-hydrogen) atoms. The molecule has 0 saturated heterocycles. The molecule has 0 aliphatic heterocycles. The summed E-state index contributed by atoms with van der Waals surface area (Å²) >= 11 is 0. The zero-order chi connectivity index (χ0) is 8.97. The van der Waals surface area contributed by atoms with Crippen molar-refractivity contribution in [1.29, 1.82) is 0 Å². The normalized spacial score (nSPS) is 12.3. The van der Waals surface area contributed by atoms with E-state index < -0.39 is 0 Å². The molecule has 0 fully saturated rings. The van der Waals surface area contributed by atoms with Gasteiger partial charge in [0.25, 0.3) is 0 Å². The average molecular weight is 196 g/mol. The molecule has 0 amide bonds. The molecule has 1 atom stereocenters. The molecule has 0 aliphatic rings. The third-order valence-corrected chi connectivity index (χ3v) is 2.47. The Kier molecular flexibility index (Phi) is 5.89. The fourth-order valence-electron chi connectivity index (χ4n) is 1.79. The van der Waals surface area contributed by atoms with Gasteiger partial charge in [0.15, 0.2) is 0 Å². The van der Waals surface area contributed by atoms with Crippen molar-refractivity contribution in [2.24, 2.45) is 5.92 Å². The minimum absolute atomic E-state index is 0. The first-order chi connectivity index (χ1) is 5.75. The van der Waals surface area contributed by atoms with Gasteiger partial charge in [-0.15, -0.1) is 0 Å². The fourth-order valence-corrected chi connectivity index (χ4v) is 1.79. The molecule has 0 N–H and O–H groups in total. The summed E-state index contributed by atoms with van der Waals surface area (Å²) in [7, 11) is 0. The summed E-state index contributed by atoms with van der Waals surface area (Å²) in [5.74, 6) is 1.48. The van der Waals surface area contributed by atoms with Gasteiger partial charge in [-0.1, -0.05) is 51.1 Å². The minimum atomic E-state index is 0. The molecule has 0 spiro atoms. The van der Waals surface area contributed by atoms with Crippen LogP contribution in [0, 0.1) is 5.92 Å². The van der Waals surface area contributed by atoms with Gasteiger partial charge in [0.2, 0.25) is 0 Å². The first-order valence-electron chi connectivity index (χ1n) is 4.80. The lowest BCUT2D eigenvalue weighted by atomic mass is 9.86. The van der Waals surface area contributed by atoms with Crippen LogP contribution in [0.25, 0.3) is 0 Å². The second-order valence-corrected chi connectivity index (χ2v) is 3.67. The highest BCUT2D eigenvalue weighted by Crippen LogP contribution is 2.26. The minimum Gasteiger partial charge on any atom is -0.197 e. The van der Waals surface area contributed by atoms with E-state index in [0.717, 1.165) is 11.8 Å². The standard InChI is InChI=1S/C12H18.H2S/c1-4-12(10(2)3)11-8-6-5-7-9-11;/h5-10,12H,4H2,1-3H3;1H2/t12-;/m1./s1. The summed E-state index contributed by atoms with van der Waals surface area (Å²) in [4.78, 5) is 0. The molecule has 0 radical (unpaired) electrons. The average Bonchev–Trinajstić information content (AvgIpc) is 2.07. The predicted octanol–water partition coefficient (Wildman–Crippen LogP) is 3.95. The molecule has 0 unspecified atom stereocenters. The van der Waals surface area contributed by atoms with E-state index in [4.69, 9.17) is 0 Å². The zero-order valence-corrected chi connectivity index (χ0v) is 9.75. The van der Waals surface area contributed by atoms with Crippen molar-refractivity contribution in [1.82, 2.24) is 0 Å². The van der Waals surface area contributed by atoms with Gasteiger partial charge in [-0.2, -0.15) is 13.5 Å². The van der Waals surface area contributed by atoms with E-state index in [-0.39, 0.29) is 13.5 Å². The van der Waals surface area contributed by atoms with E-state index >= 15 is 0 Å². The third-order valence-electron chi connectivity index (χ3n) is 2.47. The number of rotatable bonds is 3. The van der Waals surface area contributed by atoms with Crippen molar-refractivity contribution in [3.05, 3.63) is 35.9 Å². The van der Waals surface area contributed by atoms with Crippen LogP contribution in [-0.4, -0.2) is 0 Å². The van der Waals surface area contributed by atoms with Gasteiger partial charge in [0, 0.05) is 0 Å². The van der Waals surface area contributed by atoms with Crippen molar-refractivity contribution in [2.75, 3.05) is 0 Å². The highest BCUT2D eigenvalue weighted by molar-refractivity contribution is 7.59. The summed E-state index contributed by atoms with van der Waals surface area (Å²) in [5.41, 5.74) is 1.48. The van der Waals surface area contributed by atoms with E-state index in [2.05, 4.69) is 51.1 Å². The second kappa shape index (κ2) is 6.09. The third kappa shape index (κ3) is 3.43. The predicted molar refractivity (Wildman–Crippen MR) is 64.7 cm³/mol. The number of hydrogen-bond acceptors (Lipinski definition) is 0. The number of benzene rings is 1. The van der Waals surface area contributed by atoms with Gasteiger partial charge in [0.05, 0.1) is 0 Å². The summed E-state index contributed by atoms with van der Waals surface area (Å²) in [6.45, 7) is 6.85. The lowest BCUT2D eigenvalue weighted by Crippen LogP contribution is -2.04. The summed E-state index contributed by atoms with van der Waals surface area (Å²) in [6.07, 6.45) is 1.24. The van der Waals surface area contributed by atoms with Crippen LogP contribution in [0.5, 0.6) is 0 Å². The molecule has 0 aliphatic carbocycles. The monoisotopic (exact) mass is 196 g/mol. The highest BCUT2D eigenvalue weighted by atomic mass is 32.1. The van der Waals surface area contributed by atoms with Crippen molar-refractivity contribution in [3.63, 3.8) is 0 Å². The Morgan fingerprint density at radius 3 is 2.00 bits per heavy atom. The lowest BCUT2D eigenvalue weighted by molar-refractivity contribution is 0.485. The molecule has 1 aromatic rings. The van der Waals surface area contributed by atoms with E-state index in [1.807, 2.05) is 0 Å². The van der Waals surface area contributed by atoms with Gasteiger partial charge in [-0.3, -0.25) is 0 Å². The molecule has 0 aromatic heterocycles. The van der Waals surface area contributed by atoms with E-state index in [1.54, 1.807) is 0 Å². The highest BCUT2D eigenvalue weighted by Gasteiger charge is 2.11. The molecule has 0 bridgehead atoms. The van der Waals surface area contributed by atoms with E-state index in [0.29, 0.717) is 0 Å². The van der Waals surface area contributed by atoms with Crippen LogP contribution in [0.4, 0.5) is 0 Å². The van der Waals surface area contributed by atoms with Crippen LogP contribution in [0.2, 0.25) is 0 Å². The van der Waals surface area contributed by atoms with Crippen LogP contribution >= 0.6 is 13.5 Å². The van der Waals surface area contributed by atoms with Gasteiger partial charge in [-0.05, 0) is 23.8 Å². The van der Waals surface area contributed by atoms with Crippen LogP contribution in [0.15, 0.2) is 30.3 Å². The largest absolute Gasteiger partial charge is 0.197 e. The first kappa shape index (κ1) is 12.6. The quantitative estimate of drug-likeness (QED) is 0.686.